The molecular weight excluding hydrogens is 274 g/mol. The highest BCUT2D eigenvalue weighted by Gasteiger charge is 2.53. The van der Waals surface area contributed by atoms with E-state index >= 15 is 0 Å². The third-order valence-corrected chi connectivity index (χ3v) is 3.96. The quantitative estimate of drug-likeness (QED) is 0.868. The minimum atomic E-state index is -1.13. The molecule has 21 heavy (non-hydrogen) atoms. The average Bonchev–Trinajstić information content (AvgIpc) is 2.59. The third kappa shape index (κ3) is 3.01. The van der Waals surface area contributed by atoms with Gasteiger partial charge in [-0.1, -0.05) is 18.2 Å². The Hall–Kier alpha value is -1.66. The van der Waals surface area contributed by atoms with E-state index < -0.39 is 30.0 Å². The van der Waals surface area contributed by atoms with Crippen molar-refractivity contribution in [2.75, 3.05) is 0 Å². The van der Waals surface area contributed by atoms with Gasteiger partial charge in [-0.2, -0.15) is 0 Å². The molecule has 6 heteroatoms. The normalized spacial score (nSPS) is 20.6. The van der Waals surface area contributed by atoms with Crippen molar-refractivity contribution in [2.24, 2.45) is 0 Å². The maximum atomic E-state index is 14.3. The Morgan fingerprint density at radius 1 is 1.19 bits per heavy atom. The van der Waals surface area contributed by atoms with Gasteiger partial charge in [-0.15, -0.1) is 0 Å². The first-order valence-corrected chi connectivity index (χ1v) is 6.69. The number of carboxylic acids is 1. The highest BCUT2D eigenvalue weighted by Crippen LogP contribution is 2.39. The molecule has 112 valence electrons. The van der Waals surface area contributed by atoms with E-state index in [1.807, 2.05) is 27.7 Å². The number of halogens is 1. The Balaban J connectivity index is 2.30. The third-order valence-electron chi connectivity index (χ3n) is 3.96. The van der Waals surface area contributed by atoms with Gasteiger partial charge >= 0.3 is 13.1 Å². The van der Waals surface area contributed by atoms with Crippen molar-refractivity contribution in [1.82, 2.24) is 0 Å². The molecule has 0 amide bonds. The summed E-state index contributed by atoms with van der Waals surface area (Å²) in [6, 6.07) is 6.20. The van der Waals surface area contributed by atoms with E-state index in [0.717, 1.165) is 6.08 Å². The second-order valence-electron chi connectivity index (χ2n) is 6.01. The van der Waals surface area contributed by atoms with Gasteiger partial charge in [-0.05, 0) is 45.4 Å². The van der Waals surface area contributed by atoms with Gasteiger partial charge in [0.25, 0.3) is 0 Å². The molecule has 1 aromatic carbocycles. The highest BCUT2D eigenvalue weighted by molar-refractivity contribution is 6.54. The molecule has 0 atom stereocenters. The summed E-state index contributed by atoms with van der Waals surface area (Å²) in [7, 11) is -1.13. The molecule has 4 nitrogen and oxygen atoms in total. The van der Waals surface area contributed by atoms with Crippen LogP contribution >= 0.6 is 0 Å². The van der Waals surface area contributed by atoms with Crippen molar-refractivity contribution in [1.29, 1.82) is 0 Å². The Bertz CT molecular complexity index is 579. The predicted molar refractivity (Wildman–Crippen MR) is 78.6 cm³/mol. The second kappa shape index (κ2) is 5.28. The van der Waals surface area contributed by atoms with Gasteiger partial charge in [-0.3, -0.25) is 0 Å². The van der Waals surface area contributed by atoms with Crippen LogP contribution in [0.5, 0.6) is 0 Å². The molecule has 1 aliphatic heterocycles. The first kappa shape index (κ1) is 15.7. The fraction of sp³-hybridized carbons (Fsp3) is 0.400. The second-order valence-corrected chi connectivity index (χ2v) is 6.01. The smallest absolute Gasteiger partial charge is 0.478 e. The van der Waals surface area contributed by atoms with Crippen LogP contribution < -0.4 is 0 Å². The molecule has 2 rings (SSSR count). The van der Waals surface area contributed by atoms with Crippen LogP contribution in [0.2, 0.25) is 0 Å². The van der Waals surface area contributed by atoms with Crippen LogP contribution in [0.25, 0.3) is 6.08 Å². The summed E-state index contributed by atoms with van der Waals surface area (Å²) in [5.74, 6) is -1.11. The molecule has 1 N–H and O–H groups in total. The van der Waals surface area contributed by atoms with E-state index in [-0.39, 0.29) is 11.1 Å². The van der Waals surface area contributed by atoms with E-state index in [1.165, 1.54) is 12.1 Å². The molecule has 0 aromatic heterocycles. The number of benzene rings is 1. The van der Waals surface area contributed by atoms with E-state index in [0.29, 0.717) is 0 Å². The van der Waals surface area contributed by atoms with Gasteiger partial charge in [0, 0.05) is 0 Å². The predicted octanol–water partition coefficient (Wildman–Crippen LogP) is 3.33. The van der Waals surface area contributed by atoms with Crippen LogP contribution in [0.3, 0.4) is 0 Å². The average molecular weight is 292 g/mol. The number of carboxylic acid groups (broad SMARTS) is 1. The molecule has 1 fully saturated rings. The molecule has 0 bridgehead atoms. The minimum Gasteiger partial charge on any atom is -0.478 e. The minimum absolute atomic E-state index is 0.0316. The number of hydrogen-bond acceptors (Lipinski definition) is 3. The number of carbonyl (C=O) groups is 1. The van der Waals surface area contributed by atoms with Crippen LogP contribution in [-0.2, 0) is 9.31 Å². The molecule has 1 aliphatic rings. The number of aromatic carboxylic acids is 1. The lowest BCUT2D eigenvalue weighted by Crippen LogP contribution is -2.41. The fourth-order valence-electron chi connectivity index (χ4n) is 1.99. The zero-order valence-electron chi connectivity index (χ0n) is 12.5. The Morgan fingerprint density at radius 2 is 1.71 bits per heavy atom. The monoisotopic (exact) mass is 292 g/mol. The van der Waals surface area contributed by atoms with Gasteiger partial charge in [-0.25, -0.2) is 9.18 Å². The lowest BCUT2D eigenvalue weighted by atomic mass is 9.86. The summed E-state index contributed by atoms with van der Waals surface area (Å²) in [6.45, 7) is 7.30. The number of hydrogen-bond donors (Lipinski definition) is 1. The summed E-state index contributed by atoms with van der Waals surface area (Å²) >= 11 is 0. The maximum Gasteiger partial charge on any atom is 0.525 e. The zero-order chi connectivity index (χ0) is 15.8. The van der Waals surface area contributed by atoms with Crippen molar-refractivity contribution < 1.29 is 23.6 Å². The van der Waals surface area contributed by atoms with Gasteiger partial charge in [0.1, 0.15) is 5.73 Å². The summed E-state index contributed by atoms with van der Waals surface area (Å²) in [6.07, 6.45) is 1.14. The van der Waals surface area contributed by atoms with E-state index in [4.69, 9.17) is 14.4 Å². The van der Waals surface area contributed by atoms with Gasteiger partial charge in [0.05, 0.1) is 16.8 Å². The molecule has 1 aromatic rings. The number of rotatable bonds is 3. The lowest BCUT2D eigenvalue weighted by molar-refractivity contribution is 0.00578. The molecule has 0 saturated carbocycles. The van der Waals surface area contributed by atoms with Gasteiger partial charge in [0.2, 0.25) is 0 Å². The van der Waals surface area contributed by atoms with Crippen molar-refractivity contribution in [3.8, 4) is 0 Å². The lowest BCUT2D eigenvalue weighted by Gasteiger charge is -2.32. The Kier molecular flexibility index (Phi) is 3.95. The summed E-state index contributed by atoms with van der Waals surface area (Å²) in [4.78, 5) is 11.1. The Morgan fingerprint density at radius 3 is 2.24 bits per heavy atom. The van der Waals surface area contributed by atoms with Crippen molar-refractivity contribution in [3.05, 3.63) is 41.1 Å². The molecule has 0 radical (unpaired) electrons. The van der Waals surface area contributed by atoms with E-state index in [9.17, 15) is 9.18 Å². The highest BCUT2D eigenvalue weighted by atomic mass is 19.1. The zero-order valence-corrected chi connectivity index (χ0v) is 12.5. The first-order chi connectivity index (χ1) is 9.64. The SMILES string of the molecule is CC1(C)OB(/C(F)=C/c2ccccc2C(=O)O)OC1(C)C. The van der Waals surface area contributed by atoms with Crippen molar-refractivity contribution in [2.45, 2.75) is 38.9 Å². The van der Waals surface area contributed by atoms with Crippen LogP contribution in [0.4, 0.5) is 4.39 Å². The summed E-state index contributed by atoms with van der Waals surface area (Å²) < 4.78 is 25.5. The maximum absolute atomic E-state index is 14.3. The molecule has 0 unspecified atom stereocenters. The van der Waals surface area contributed by atoms with Gasteiger partial charge in [0.15, 0.2) is 0 Å². The first-order valence-electron chi connectivity index (χ1n) is 6.69. The topological polar surface area (TPSA) is 55.8 Å². The van der Waals surface area contributed by atoms with E-state index in [2.05, 4.69) is 0 Å². The molecular formula is C15H18BFO4. The molecule has 1 heterocycles. The van der Waals surface area contributed by atoms with Gasteiger partial charge < -0.3 is 14.4 Å². The Labute approximate surface area is 123 Å². The largest absolute Gasteiger partial charge is 0.525 e. The molecule has 1 saturated heterocycles. The van der Waals surface area contributed by atoms with Crippen molar-refractivity contribution in [3.63, 3.8) is 0 Å². The summed E-state index contributed by atoms with van der Waals surface area (Å²) in [5.41, 5.74) is -1.63. The van der Waals surface area contributed by atoms with Crippen LogP contribution in [-0.4, -0.2) is 29.4 Å². The van der Waals surface area contributed by atoms with Crippen molar-refractivity contribution >= 4 is 19.2 Å². The fourth-order valence-corrected chi connectivity index (χ4v) is 1.99. The van der Waals surface area contributed by atoms with E-state index in [1.54, 1.807) is 12.1 Å². The van der Waals surface area contributed by atoms with Crippen LogP contribution in [0, 0.1) is 0 Å². The summed E-state index contributed by atoms with van der Waals surface area (Å²) in [5, 5.41) is 9.10. The van der Waals surface area contributed by atoms with Crippen LogP contribution in [0.15, 0.2) is 30.0 Å². The van der Waals surface area contributed by atoms with Crippen LogP contribution in [0.1, 0.15) is 43.6 Å². The molecule has 0 spiro atoms. The molecule has 0 aliphatic carbocycles. The standard InChI is InChI=1S/C15H18BFO4/c1-14(2)15(3,4)21-16(20-14)12(17)9-10-7-5-6-8-11(10)13(18)19/h5-9H,1-4H3,(H,18,19)/b12-9-.